The Labute approximate surface area is 92.4 Å². The Balaban J connectivity index is 2.81. The minimum absolute atomic E-state index is 0.0543. The number of halogens is 1. The summed E-state index contributed by atoms with van der Waals surface area (Å²) in [4.78, 5) is 10.8. The van der Waals surface area contributed by atoms with Gasteiger partial charge in [0.15, 0.2) is 0 Å². The Bertz CT molecular complexity index is 351. The molecule has 0 bridgehead atoms. The number of ether oxygens (including phenoxy) is 2. The number of rotatable bonds is 5. The number of aromatic carboxylic acids is 1. The predicted octanol–water partition coefficient (Wildman–Crippen LogP) is 2.06. The van der Waals surface area contributed by atoms with Gasteiger partial charge in [0, 0.05) is 12.1 Å². The lowest BCUT2D eigenvalue weighted by Crippen LogP contribution is -2.08. The van der Waals surface area contributed by atoms with Gasteiger partial charge in [-0.05, 0) is 18.2 Å². The van der Waals surface area contributed by atoms with E-state index < -0.39 is 5.97 Å². The van der Waals surface area contributed by atoms with E-state index in [4.69, 9.17) is 26.2 Å². The number of carboxylic acids is 1. The van der Waals surface area contributed by atoms with Crippen molar-refractivity contribution in [3.8, 4) is 5.75 Å². The quantitative estimate of drug-likeness (QED) is 0.787. The van der Waals surface area contributed by atoms with Crippen molar-refractivity contribution < 1.29 is 19.4 Å². The minimum Gasteiger partial charge on any atom is -0.490 e. The van der Waals surface area contributed by atoms with Crippen LogP contribution in [0.4, 0.5) is 0 Å². The lowest BCUT2D eigenvalue weighted by Gasteiger charge is -2.08. The summed E-state index contributed by atoms with van der Waals surface area (Å²) in [6.45, 7) is 0.708. The molecule has 0 saturated carbocycles. The zero-order valence-electron chi connectivity index (χ0n) is 8.20. The van der Waals surface area contributed by atoms with Crippen molar-refractivity contribution in [1.29, 1.82) is 0 Å². The van der Waals surface area contributed by atoms with E-state index in [1.807, 2.05) is 0 Å². The topological polar surface area (TPSA) is 55.8 Å². The van der Waals surface area contributed by atoms with Crippen LogP contribution in [0.15, 0.2) is 18.2 Å². The molecule has 0 spiro atoms. The normalized spacial score (nSPS) is 10.0. The van der Waals surface area contributed by atoms with Crippen molar-refractivity contribution in [2.75, 3.05) is 20.3 Å². The summed E-state index contributed by atoms with van der Waals surface area (Å²) < 4.78 is 10.0. The van der Waals surface area contributed by atoms with E-state index in [1.54, 1.807) is 13.2 Å². The smallest absolute Gasteiger partial charge is 0.339 e. The second kappa shape index (κ2) is 5.58. The molecule has 0 aliphatic rings. The molecule has 0 aromatic heterocycles. The monoisotopic (exact) mass is 230 g/mol. The summed E-state index contributed by atoms with van der Waals surface area (Å²) in [5.41, 5.74) is 0.0543. The Kier molecular flexibility index (Phi) is 4.39. The maximum absolute atomic E-state index is 10.8. The van der Waals surface area contributed by atoms with Gasteiger partial charge in [0.1, 0.15) is 17.9 Å². The highest BCUT2D eigenvalue weighted by Crippen LogP contribution is 2.22. The zero-order chi connectivity index (χ0) is 11.3. The zero-order valence-corrected chi connectivity index (χ0v) is 8.95. The average molecular weight is 231 g/mol. The summed E-state index contributed by atoms with van der Waals surface area (Å²) in [7, 11) is 1.54. The third kappa shape index (κ3) is 3.42. The van der Waals surface area contributed by atoms with Crippen LogP contribution < -0.4 is 4.74 Å². The molecule has 0 atom stereocenters. The summed E-state index contributed by atoms with van der Waals surface area (Å²) in [6, 6.07) is 4.46. The van der Waals surface area contributed by atoms with E-state index in [0.29, 0.717) is 24.0 Å². The molecule has 1 aromatic carbocycles. The minimum atomic E-state index is -1.06. The van der Waals surface area contributed by atoms with Gasteiger partial charge in [-0.25, -0.2) is 4.79 Å². The first kappa shape index (κ1) is 11.8. The average Bonchev–Trinajstić information content (AvgIpc) is 2.20. The number of hydrogen-bond donors (Lipinski definition) is 1. The fraction of sp³-hybridized carbons (Fsp3) is 0.300. The summed E-state index contributed by atoms with van der Waals surface area (Å²) >= 11 is 5.68. The molecule has 0 aliphatic carbocycles. The molecule has 0 fully saturated rings. The van der Waals surface area contributed by atoms with Crippen LogP contribution in [0.5, 0.6) is 5.75 Å². The van der Waals surface area contributed by atoms with Gasteiger partial charge >= 0.3 is 5.97 Å². The summed E-state index contributed by atoms with van der Waals surface area (Å²) in [5, 5.41) is 9.24. The van der Waals surface area contributed by atoms with Crippen molar-refractivity contribution in [3.05, 3.63) is 28.8 Å². The van der Waals surface area contributed by atoms with Crippen LogP contribution in [-0.2, 0) is 4.74 Å². The molecular formula is C10H11ClO4. The van der Waals surface area contributed by atoms with Gasteiger partial charge < -0.3 is 14.6 Å². The molecule has 4 nitrogen and oxygen atoms in total. The number of carboxylic acid groups (broad SMARTS) is 1. The van der Waals surface area contributed by atoms with E-state index in [1.165, 1.54) is 12.1 Å². The molecule has 0 unspecified atom stereocenters. The number of hydrogen-bond acceptors (Lipinski definition) is 3. The summed E-state index contributed by atoms with van der Waals surface area (Å²) in [6.07, 6.45) is 0. The molecule has 0 aliphatic heterocycles. The molecule has 1 rings (SSSR count). The Morgan fingerprint density at radius 3 is 2.80 bits per heavy atom. The molecule has 1 aromatic rings. The van der Waals surface area contributed by atoms with Crippen molar-refractivity contribution in [2.45, 2.75) is 0 Å². The van der Waals surface area contributed by atoms with E-state index in [0.717, 1.165) is 0 Å². The second-order valence-corrected chi connectivity index (χ2v) is 3.22. The fourth-order valence-electron chi connectivity index (χ4n) is 1.03. The molecular weight excluding hydrogens is 220 g/mol. The number of benzene rings is 1. The van der Waals surface area contributed by atoms with Crippen molar-refractivity contribution in [2.24, 2.45) is 0 Å². The Hall–Kier alpha value is -1.26. The molecule has 15 heavy (non-hydrogen) atoms. The van der Waals surface area contributed by atoms with E-state index in [-0.39, 0.29) is 5.56 Å². The molecule has 82 valence electrons. The van der Waals surface area contributed by atoms with Crippen molar-refractivity contribution in [3.63, 3.8) is 0 Å². The van der Waals surface area contributed by atoms with Crippen molar-refractivity contribution >= 4 is 17.6 Å². The Morgan fingerprint density at radius 2 is 2.20 bits per heavy atom. The molecule has 0 heterocycles. The maximum atomic E-state index is 10.8. The maximum Gasteiger partial charge on any atom is 0.339 e. The van der Waals surface area contributed by atoms with Gasteiger partial charge in [0.05, 0.1) is 6.61 Å². The number of carbonyl (C=O) groups is 1. The fourth-order valence-corrected chi connectivity index (χ4v) is 1.20. The van der Waals surface area contributed by atoms with Crippen LogP contribution in [0.3, 0.4) is 0 Å². The summed E-state index contributed by atoms with van der Waals surface area (Å²) in [5.74, 6) is -0.770. The molecule has 5 heteroatoms. The molecule has 0 amide bonds. The van der Waals surface area contributed by atoms with Gasteiger partial charge in [-0.2, -0.15) is 0 Å². The van der Waals surface area contributed by atoms with Gasteiger partial charge in [0.25, 0.3) is 0 Å². The standard InChI is InChI=1S/C10H11ClO4/c1-14-4-5-15-9-3-2-7(11)6-8(9)10(12)13/h2-3,6H,4-5H2,1H3,(H,12,13). The van der Waals surface area contributed by atoms with E-state index in [2.05, 4.69) is 0 Å². The largest absolute Gasteiger partial charge is 0.490 e. The lowest BCUT2D eigenvalue weighted by atomic mass is 10.2. The van der Waals surface area contributed by atoms with Crippen LogP contribution in [0, 0.1) is 0 Å². The van der Waals surface area contributed by atoms with Gasteiger partial charge in [-0.1, -0.05) is 11.6 Å². The van der Waals surface area contributed by atoms with Gasteiger partial charge in [0.2, 0.25) is 0 Å². The highest BCUT2D eigenvalue weighted by Gasteiger charge is 2.11. The third-order valence-electron chi connectivity index (χ3n) is 1.72. The van der Waals surface area contributed by atoms with Crippen LogP contribution in [0.25, 0.3) is 0 Å². The first-order valence-electron chi connectivity index (χ1n) is 4.29. The van der Waals surface area contributed by atoms with E-state index in [9.17, 15) is 4.79 Å². The van der Waals surface area contributed by atoms with Crippen LogP contribution in [0.1, 0.15) is 10.4 Å². The first-order valence-corrected chi connectivity index (χ1v) is 4.67. The molecule has 0 radical (unpaired) electrons. The molecule has 1 N–H and O–H groups in total. The predicted molar refractivity (Wildman–Crippen MR) is 55.8 cm³/mol. The first-order chi connectivity index (χ1) is 7.15. The number of methoxy groups -OCH3 is 1. The van der Waals surface area contributed by atoms with Crippen molar-refractivity contribution in [1.82, 2.24) is 0 Å². The molecule has 0 saturated heterocycles. The van der Waals surface area contributed by atoms with E-state index >= 15 is 0 Å². The van der Waals surface area contributed by atoms with Crippen LogP contribution in [-0.4, -0.2) is 31.4 Å². The van der Waals surface area contributed by atoms with Crippen LogP contribution in [0.2, 0.25) is 5.02 Å². The van der Waals surface area contributed by atoms with Gasteiger partial charge in [-0.3, -0.25) is 0 Å². The lowest BCUT2D eigenvalue weighted by molar-refractivity contribution is 0.0689. The third-order valence-corrected chi connectivity index (χ3v) is 1.95. The van der Waals surface area contributed by atoms with Gasteiger partial charge in [-0.15, -0.1) is 0 Å². The second-order valence-electron chi connectivity index (χ2n) is 2.79. The Morgan fingerprint density at radius 1 is 1.47 bits per heavy atom. The SMILES string of the molecule is COCCOc1ccc(Cl)cc1C(=O)O. The highest BCUT2D eigenvalue weighted by atomic mass is 35.5. The van der Waals surface area contributed by atoms with Crippen LogP contribution >= 0.6 is 11.6 Å². The highest BCUT2D eigenvalue weighted by molar-refractivity contribution is 6.31.